The molecule has 2 aromatic heterocycles. The molecule has 0 saturated carbocycles. The molecule has 11 heteroatoms. The lowest BCUT2D eigenvalue weighted by Gasteiger charge is -2.18. The normalized spacial score (nSPS) is 18.6. The maximum Gasteiger partial charge on any atom is 0.415 e. The van der Waals surface area contributed by atoms with Crippen LogP contribution in [0.5, 0.6) is 5.75 Å². The Morgan fingerprint density at radius 1 is 0.977 bits per heavy atom. The Hall–Kier alpha value is -4.74. The number of rotatable bonds is 7. The average molecular weight is 581 g/mol. The number of hydrogen-bond donors (Lipinski definition) is 3. The minimum absolute atomic E-state index is 0.144. The van der Waals surface area contributed by atoms with E-state index in [0.717, 1.165) is 48.3 Å². The molecule has 4 aromatic rings. The number of carbonyl (C=O) groups is 2. The molecule has 222 valence electrons. The van der Waals surface area contributed by atoms with E-state index in [9.17, 15) is 9.59 Å². The SMILES string of the molecule is Cn1cc(-c2cnc(N)c(C(=O)N[C@@H]3CCN(C(=O)Oc4cccc(-c5cccc(CN6CC[C@@H](N)C6)c5)c4)C3)c2)cn1. The van der Waals surface area contributed by atoms with Crippen molar-refractivity contribution < 1.29 is 14.3 Å². The van der Waals surface area contributed by atoms with Gasteiger partial charge in [0.25, 0.3) is 5.91 Å². The molecule has 43 heavy (non-hydrogen) atoms. The highest BCUT2D eigenvalue weighted by Crippen LogP contribution is 2.27. The molecule has 2 aliphatic heterocycles. The van der Waals surface area contributed by atoms with Crippen molar-refractivity contribution in [3.05, 3.63) is 84.3 Å². The van der Waals surface area contributed by atoms with Gasteiger partial charge in [0.15, 0.2) is 0 Å². The first-order valence-corrected chi connectivity index (χ1v) is 14.5. The van der Waals surface area contributed by atoms with Crippen molar-refractivity contribution in [3.63, 3.8) is 0 Å². The summed E-state index contributed by atoms with van der Waals surface area (Å²) in [7, 11) is 1.82. The lowest BCUT2D eigenvalue weighted by molar-refractivity contribution is 0.0937. The van der Waals surface area contributed by atoms with Crippen molar-refractivity contribution in [1.29, 1.82) is 0 Å². The van der Waals surface area contributed by atoms with E-state index in [1.165, 1.54) is 5.56 Å². The Morgan fingerprint density at radius 2 is 1.79 bits per heavy atom. The standard InChI is InChI=1S/C32H36N8O3/c1-38-18-25(16-36-38)24-14-29(30(34)35-15-24)31(41)37-27-9-11-40(20-27)32(42)43-28-7-3-6-23(13-28)22-5-2-4-21(12-22)17-39-10-8-26(33)19-39/h2-7,12-16,18,26-27H,8-11,17,19-20,33H2,1H3,(H2,34,35)(H,37,41)/t26-,27-/m1/s1. The fourth-order valence-corrected chi connectivity index (χ4v) is 5.71. The number of pyridine rings is 1. The molecular weight excluding hydrogens is 544 g/mol. The van der Waals surface area contributed by atoms with Gasteiger partial charge in [-0.1, -0.05) is 30.3 Å². The van der Waals surface area contributed by atoms with Crippen molar-refractivity contribution in [1.82, 2.24) is 29.9 Å². The topological polar surface area (TPSA) is 145 Å². The molecule has 5 N–H and O–H groups in total. The van der Waals surface area contributed by atoms with Gasteiger partial charge in [0.1, 0.15) is 11.6 Å². The van der Waals surface area contributed by atoms with E-state index < -0.39 is 6.09 Å². The minimum Gasteiger partial charge on any atom is -0.410 e. The van der Waals surface area contributed by atoms with Crippen molar-refractivity contribution in [2.45, 2.75) is 31.5 Å². The summed E-state index contributed by atoms with van der Waals surface area (Å²) in [5.41, 5.74) is 17.2. The van der Waals surface area contributed by atoms with Crippen molar-refractivity contribution >= 4 is 17.8 Å². The third-order valence-electron chi connectivity index (χ3n) is 8.00. The molecular formula is C32H36N8O3. The summed E-state index contributed by atoms with van der Waals surface area (Å²) in [6, 6.07) is 17.7. The number of nitrogen functional groups attached to an aromatic ring is 1. The lowest BCUT2D eigenvalue weighted by Crippen LogP contribution is -2.39. The van der Waals surface area contributed by atoms with Gasteiger partial charge in [-0.15, -0.1) is 0 Å². The van der Waals surface area contributed by atoms with Crippen LogP contribution < -0.4 is 21.5 Å². The maximum atomic E-state index is 13.1. The molecule has 2 aromatic carbocycles. The molecule has 0 unspecified atom stereocenters. The van der Waals surface area contributed by atoms with Crippen LogP contribution in [0.2, 0.25) is 0 Å². The second-order valence-corrected chi connectivity index (χ2v) is 11.3. The van der Waals surface area contributed by atoms with Gasteiger partial charge < -0.3 is 26.4 Å². The predicted octanol–water partition coefficient (Wildman–Crippen LogP) is 3.27. The molecule has 0 spiro atoms. The highest BCUT2D eigenvalue weighted by molar-refractivity contribution is 5.99. The van der Waals surface area contributed by atoms with Crippen molar-refractivity contribution in [3.8, 4) is 28.0 Å². The van der Waals surface area contributed by atoms with E-state index in [1.54, 1.807) is 34.1 Å². The number of hydrogen-bond acceptors (Lipinski definition) is 8. The van der Waals surface area contributed by atoms with Gasteiger partial charge in [0.05, 0.1) is 11.8 Å². The number of anilines is 1. The number of aromatic nitrogens is 3. The highest BCUT2D eigenvalue weighted by atomic mass is 16.6. The summed E-state index contributed by atoms with van der Waals surface area (Å²) in [4.78, 5) is 34.3. The van der Waals surface area contributed by atoms with Gasteiger partial charge in [0, 0.05) is 75.4 Å². The minimum atomic E-state index is -0.451. The van der Waals surface area contributed by atoms with Crippen LogP contribution in [0.4, 0.5) is 10.6 Å². The summed E-state index contributed by atoms with van der Waals surface area (Å²) < 4.78 is 7.43. The summed E-state index contributed by atoms with van der Waals surface area (Å²) in [6.07, 6.45) is 6.35. The number of carbonyl (C=O) groups excluding carboxylic acids is 2. The van der Waals surface area contributed by atoms with Crippen LogP contribution >= 0.6 is 0 Å². The summed E-state index contributed by atoms with van der Waals surface area (Å²) in [5, 5.41) is 7.17. The first-order chi connectivity index (χ1) is 20.8. The second-order valence-electron chi connectivity index (χ2n) is 11.3. The fraction of sp³-hybridized carbons (Fsp3) is 0.312. The van der Waals surface area contributed by atoms with Gasteiger partial charge in [-0.3, -0.25) is 14.4 Å². The molecule has 6 rings (SSSR count). The molecule has 2 atom stereocenters. The number of likely N-dealkylation sites (tertiary alicyclic amines) is 2. The zero-order chi connectivity index (χ0) is 29.9. The molecule has 2 aliphatic rings. The van der Waals surface area contributed by atoms with E-state index >= 15 is 0 Å². The summed E-state index contributed by atoms with van der Waals surface area (Å²) in [6.45, 7) is 3.60. The maximum absolute atomic E-state index is 13.1. The molecule has 2 saturated heterocycles. The van der Waals surface area contributed by atoms with Crippen LogP contribution in [-0.2, 0) is 13.6 Å². The number of nitrogens with two attached hydrogens (primary N) is 2. The summed E-state index contributed by atoms with van der Waals surface area (Å²) in [5.74, 6) is 0.278. The number of nitrogens with one attached hydrogen (secondary N) is 1. The average Bonchev–Trinajstić information content (AvgIpc) is 3.75. The first-order valence-electron chi connectivity index (χ1n) is 14.5. The van der Waals surface area contributed by atoms with Gasteiger partial charge in [-0.2, -0.15) is 5.10 Å². The zero-order valence-electron chi connectivity index (χ0n) is 24.1. The van der Waals surface area contributed by atoms with Crippen LogP contribution in [0.1, 0.15) is 28.8 Å². The van der Waals surface area contributed by atoms with Crippen LogP contribution in [0.3, 0.4) is 0 Å². The van der Waals surface area contributed by atoms with E-state index in [4.69, 9.17) is 16.2 Å². The number of amides is 2. The monoisotopic (exact) mass is 580 g/mol. The molecule has 0 aliphatic carbocycles. The van der Waals surface area contributed by atoms with Crippen LogP contribution in [-0.4, -0.2) is 74.8 Å². The molecule has 11 nitrogen and oxygen atoms in total. The fourth-order valence-electron chi connectivity index (χ4n) is 5.71. The van der Waals surface area contributed by atoms with Crippen LogP contribution in [0.15, 0.2) is 73.2 Å². The smallest absolute Gasteiger partial charge is 0.410 e. The molecule has 2 fully saturated rings. The van der Waals surface area contributed by atoms with Crippen LogP contribution in [0, 0.1) is 0 Å². The third kappa shape index (κ3) is 6.68. The Morgan fingerprint density at radius 3 is 2.56 bits per heavy atom. The molecule has 2 amide bonds. The second kappa shape index (κ2) is 12.2. The van der Waals surface area contributed by atoms with Crippen molar-refractivity contribution in [2.24, 2.45) is 12.8 Å². The first kappa shape index (κ1) is 28.4. The molecule has 0 radical (unpaired) electrons. The van der Waals surface area contributed by atoms with Gasteiger partial charge in [0.2, 0.25) is 0 Å². The molecule has 0 bridgehead atoms. The Kier molecular flexibility index (Phi) is 8.08. The van der Waals surface area contributed by atoms with E-state index in [-0.39, 0.29) is 29.4 Å². The Labute approximate surface area is 250 Å². The van der Waals surface area contributed by atoms with Crippen molar-refractivity contribution in [2.75, 3.05) is 31.9 Å². The van der Waals surface area contributed by atoms with E-state index in [0.29, 0.717) is 25.3 Å². The number of nitrogens with zero attached hydrogens (tertiary/aromatic N) is 5. The van der Waals surface area contributed by atoms with E-state index in [1.807, 2.05) is 31.4 Å². The number of benzene rings is 2. The predicted molar refractivity (Wildman–Crippen MR) is 164 cm³/mol. The Bertz CT molecular complexity index is 1640. The quantitative estimate of drug-likeness (QED) is 0.302. The zero-order valence-corrected chi connectivity index (χ0v) is 24.1. The largest absolute Gasteiger partial charge is 0.415 e. The lowest BCUT2D eigenvalue weighted by atomic mass is 10.0. The summed E-state index contributed by atoms with van der Waals surface area (Å²) >= 11 is 0. The third-order valence-corrected chi connectivity index (χ3v) is 8.00. The van der Waals surface area contributed by atoms with Gasteiger partial charge in [-0.25, -0.2) is 9.78 Å². The number of ether oxygens (including phenoxy) is 1. The Balaban J connectivity index is 1.06. The van der Waals surface area contributed by atoms with E-state index in [2.05, 4.69) is 44.6 Å². The molecule has 4 heterocycles. The van der Waals surface area contributed by atoms with Gasteiger partial charge in [-0.05, 0) is 53.8 Å². The number of aryl methyl sites for hydroxylation is 1. The highest BCUT2D eigenvalue weighted by Gasteiger charge is 2.29. The van der Waals surface area contributed by atoms with Gasteiger partial charge >= 0.3 is 6.09 Å². The van der Waals surface area contributed by atoms with Crippen LogP contribution in [0.25, 0.3) is 22.3 Å².